The molecule has 1 amide bonds. The molecule has 0 aliphatic rings. The van der Waals surface area contributed by atoms with E-state index in [-0.39, 0.29) is 5.91 Å². The summed E-state index contributed by atoms with van der Waals surface area (Å²) in [5.41, 5.74) is 7.98. The number of ether oxygens (including phenoxy) is 2. The Morgan fingerprint density at radius 3 is 2.43 bits per heavy atom. The van der Waals surface area contributed by atoms with Gasteiger partial charge in [0, 0.05) is 17.4 Å². The maximum absolute atomic E-state index is 12.3. The van der Waals surface area contributed by atoms with Crippen molar-refractivity contribution in [2.24, 2.45) is 0 Å². The van der Waals surface area contributed by atoms with E-state index in [0.717, 1.165) is 5.69 Å². The van der Waals surface area contributed by atoms with E-state index in [0.29, 0.717) is 28.4 Å². The van der Waals surface area contributed by atoms with Gasteiger partial charge in [-0.2, -0.15) is 0 Å². The van der Waals surface area contributed by atoms with E-state index in [1.54, 1.807) is 24.4 Å². The molecule has 0 saturated heterocycles. The molecular weight excluding hydrogens is 270 g/mol. The third-order valence-corrected chi connectivity index (χ3v) is 2.97. The first-order chi connectivity index (χ1) is 10.0. The highest BCUT2D eigenvalue weighted by Crippen LogP contribution is 2.32. The van der Waals surface area contributed by atoms with Crippen LogP contribution in [0.15, 0.2) is 30.5 Å². The Morgan fingerprint density at radius 2 is 1.86 bits per heavy atom. The molecule has 0 spiro atoms. The smallest absolute Gasteiger partial charge is 0.257 e. The molecule has 1 aromatic carbocycles. The van der Waals surface area contributed by atoms with Gasteiger partial charge in [0.05, 0.1) is 31.7 Å². The summed E-state index contributed by atoms with van der Waals surface area (Å²) in [7, 11) is 3.01. The summed E-state index contributed by atoms with van der Waals surface area (Å²) in [6.07, 6.45) is 1.59. The van der Waals surface area contributed by atoms with Crippen LogP contribution >= 0.6 is 0 Å². The molecular formula is C15H17N3O3. The number of nitrogens with one attached hydrogen (secondary N) is 1. The van der Waals surface area contributed by atoms with Crippen molar-refractivity contribution < 1.29 is 14.3 Å². The summed E-state index contributed by atoms with van der Waals surface area (Å²) in [6.45, 7) is 1.87. The second kappa shape index (κ2) is 6.13. The molecule has 0 saturated carbocycles. The van der Waals surface area contributed by atoms with Crippen LogP contribution in [-0.2, 0) is 0 Å². The second-order valence-electron chi connectivity index (χ2n) is 4.44. The van der Waals surface area contributed by atoms with E-state index in [4.69, 9.17) is 15.2 Å². The summed E-state index contributed by atoms with van der Waals surface area (Å²) in [4.78, 5) is 16.4. The zero-order chi connectivity index (χ0) is 15.4. The number of aromatic nitrogens is 1. The topological polar surface area (TPSA) is 86.5 Å². The van der Waals surface area contributed by atoms with E-state index in [2.05, 4.69) is 10.3 Å². The lowest BCUT2D eigenvalue weighted by molar-refractivity contribution is 0.102. The van der Waals surface area contributed by atoms with Gasteiger partial charge in [-0.05, 0) is 25.1 Å². The van der Waals surface area contributed by atoms with Crippen molar-refractivity contribution in [3.8, 4) is 11.5 Å². The van der Waals surface area contributed by atoms with Crippen molar-refractivity contribution in [3.63, 3.8) is 0 Å². The quantitative estimate of drug-likeness (QED) is 0.842. The highest BCUT2D eigenvalue weighted by Gasteiger charge is 2.15. The van der Waals surface area contributed by atoms with Crippen molar-refractivity contribution in [2.75, 3.05) is 25.3 Å². The number of nitrogens with two attached hydrogens (primary N) is 1. The molecule has 0 bridgehead atoms. The monoisotopic (exact) mass is 287 g/mol. The minimum atomic E-state index is -0.334. The molecule has 3 N–H and O–H groups in total. The number of nitrogen functional groups attached to an aromatic ring is 1. The van der Waals surface area contributed by atoms with Gasteiger partial charge in [-0.25, -0.2) is 0 Å². The van der Waals surface area contributed by atoms with Crippen LogP contribution in [-0.4, -0.2) is 25.1 Å². The van der Waals surface area contributed by atoms with Crippen molar-refractivity contribution in [3.05, 3.63) is 41.7 Å². The van der Waals surface area contributed by atoms with Crippen LogP contribution in [0.25, 0.3) is 0 Å². The molecule has 0 radical (unpaired) electrons. The number of hydrogen-bond acceptors (Lipinski definition) is 5. The van der Waals surface area contributed by atoms with Crippen LogP contribution in [0.5, 0.6) is 11.5 Å². The van der Waals surface area contributed by atoms with Gasteiger partial charge in [0.1, 0.15) is 0 Å². The molecule has 0 aliphatic heterocycles. The van der Waals surface area contributed by atoms with Crippen LogP contribution in [0.2, 0.25) is 0 Å². The SMILES string of the molecule is COc1cc(N)c(C(=O)Nc2ccc(C)nc2)cc1OC. The number of hydrogen-bond donors (Lipinski definition) is 2. The van der Waals surface area contributed by atoms with Crippen LogP contribution in [0.4, 0.5) is 11.4 Å². The van der Waals surface area contributed by atoms with Gasteiger partial charge in [0.2, 0.25) is 0 Å². The summed E-state index contributed by atoms with van der Waals surface area (Å²) in [5, 5.41) is 2.74. The first-order valence-corrected chi connectivity index (χ1v) is 6.30. The fourth-order valence-corrected chi connectivity index (χ4v) is 1.83. The average Bonchev–Trinajstić information content (AvgIpc) is 2.49. The number of pyridine rings is 1. The third-order valence-electron chi connectivity index (χ3n) is 2.97. The second-order valence-corrected chi connectivity index (χ2v) is 4.44. The molecule has 0 fully saturated rings. The van der Waals surface area contributed by atoms with Gasteiger partial charge in [0.25, 0.3) is 5.91 Å². The number of rotatable bonds is 4. The van der Waals surface area contributed by atoms with Crippen molar-refractivity contribution in [1.29, 1.82) is 0 Å². The van der Waals surface area contributed by atoms with Gasteiger partial charge >= 0.3 is 0 Å². The molecule has 6 heteroatoms. The Balaban J connectivity index is 2.28. The number of anilines is 2. The highest BCUT2D eigenvalue weighted by atomic mass is 16.5. The minimum Gasteiger partial charge on any atom is -0.493 e. The average molecular weight is 287 g/mol. The van der Waals surface area contributed by atoms with Gasteiger partial charge in [0.15, 0.2) is 11.5 Å². The predicted molar refractivity (Wildman–Crippen MR) is 80.9 cm³/mol. The minimum absolute atomic E-state index is 0.310. The molecule has 0 unspecified atom stereocenters. The Kier molecular flexibility index (Phi) is 4.27. The third kappa shape index (κ3) is 3.22. The van der Waals surface area contributed by atoms with Crippen molar-refractivity contribution in [2.45, 2.75) is 6.92 Å². The number of carbonyl (C=O) groups excluding carboxylic acids is 1. The maximum Gasteiger partial charge on any atom is 0.257 e. The number of methoxy groups -OCH3 is 2. The molecule has 1 heterocycles. The number of benzene rings is 1. The number of amides is 1. The Hall–Kier alpha value is -2.76. The van der Waals surface area contributed by atoms with Gasteiger partial charge in [-0.1, -0.05) is 0 Å². The summed E-state index contributed by atoms with van der Waals surface area (Å²) in [5.74, 6) is 0.585. The number of nitrogens with zero attached hydrogens (tertiary/aromatic N) is 1. The highest BCUT2D eigenvalue weighted by molar-refractivity contribution is 6.08. The van der Waals surface area contributed by atoms with Crippen molar-refractivity contribution >= 4 is 17.3 Å². The lowest BCUT2D eigenvalue weighted by Crippen LogP contribution is -2.14. The fraction of sp³-hybridized carbons (Fsp3) is 0.200. The lowest BCUT2D eigenvalue weighted by atomic mass is 10.1. The van der Waals surface area contributed by atoms with E-state index in [1.807, 2.05) is 13.0 Å². The molecule has 0 atom stereocenters. The normalized spacial score (nSPS) is 10.0. The van der Waals surface area contributed by atoms with Crippen LogP contribution in [0.3, 0.4) is 0 Å². The zero-order valence-electron chi connectivity index (χ0n) is 12.1. The largest absolute Gasteiger partial charge is 0.493 e. The molecule has 0 aliphatic carbocycles. The number of aryl methyl sites for hydroxylation is 1. The first-order valence-electron chi connectivity index (χ1n) is 6.30. The fourth-order valence-electron chi connectivity index (χ4n) is 1.83. The number of carbonyl (C=O) groups is 1. The molecule has 2 rings (SSSR count). The predicted octanol–water partition coefficient (Wildman–Crippen LogP) is 2.24. The molecule has 1 aromatic heterocycles. The van der Waals surface area contributed by atoms with Crippen LogP contribution in [0.1, 0.15) is 16.1 Å². The lowest BCUT2D eigenvalue weighted by Gasteiger charge is -2.12. The van der Waals surface area contributed by atoms with Crippen LogP contribution < -0.4 is 20.5 Å². The van der Waals surface area contributed by atoms with Crippen molar-refractivity contribution in [1.82, 2.24) is 4.98 Å². The maximum atomic E-state index is 12.3. The van der Waals surface area contributed by atoms with E-state index in [9.17, 15) is 4.79 Å². The Morgan fingerprint density at radius 1 is 1.19 bits per heavy atom. The summed E-state index contributed by atoms with van der Waals surface area (Å²) < 4.78 is 10.3. The van der Waals surface area contributed by atoms with Gasteiger partial charge < -0.3 is 20.5 Å². The van der Waals surface area contributed by atoms with Gasteiger partial charge in [-0.15, -0.1) is 0 Å². The Labute approximate surface area is 122 Å². The van der Waals surface area contributed by atoms with E-state index in [1.165, 1.54) is 14.2 Å². The molecule has 110 valence electrons. The molecule has 21 heavy (non-hydrogen) atoms. The van der Waals surface area contributed by atoms with Crippen LogP contribution in [0, 0.1) is 6.92 Å². The van der Waals surface area contributed by atoms with E-state index >= 15 is 0 Å². The molecule has 2 aromatic rings. The Bertz CT molecular complexity index is 654. The van der Waals surface area contributed by atoms with Gasteiger partial charge in [-0.3, -0.25) is 9.78 Å². The van der Waals surface area contributed by atoms with E-state index < -0.39 is 0 Å². The first kappa shape index (κ1) is 14.6. The summed E-state index contributed by atoms with van der Waals surface area (Å²) >= 11 is 0. The standard InChI is InChI=1S/C15H17N3O3/c1-9-4-5-10(8-17-9)18-15(19)11-6-13(20-2)14(21-3)7-12(11)16/h4-8H,16H2,1-3H3,(H,18,19). The summed E-state index contributed by atoms with van der Waals surface area (Å²) in [6, 6.07) is 6.69. The zero-order valence-corrected chi connectivity index (χ0v) is 12.1. The molecule has 6 nitrogen and oxygen atoms in total.